The van der Waals surface area contributed by atoms with Gasteiger partial charge in [0.2, 0.25) is 0 Å². The molecule has 1 atom stereocenters. The lowest BCUT2D eigenvalue weighted by molar-refractivity contribution is 0.409. The minimum absolute atomic E-state index is 0.0243. The molecule has 0 aliphatic heterocycles. The number of halogens is 2. The van der Waals surface area contributed by atoms with Crippen molar-refractivity contribution in [2.45, 2.75) is 25.3 Å². The highest BCUT2D eigenvalue weighted by Crippen LogP contribution is 2.42. The number of pyridine rings is 1. The Balaban J connectivity index is 1.43. The van der Waals surface area contributed by atoms with Crippen molar-refractivity contribution in [2.75, 3.05) is 7.11 Å². The predicted octanol–water partition coefficient (Wildman–Crippen LogP) is 4.51. The standard InChI is InChI=1S/C25H23ClFN9O/c1-34-20(7-8-30-34)16-11-31-35(13-16)22(9-15-3-4-15)19-10-23(37-2)17(12-28-19)24-21(36-14-29-32-33-36)6-5-18(26)25(24)27/h5-8,10-15,22H,3-4,9H2,1-2H3. The SMILES string of the molecule is COc1cc(C(CC2CC2)n2cc(-c3ccnn3C)cn2)ncc1-c1c(-n2cnnn2)ccc(Cl)c1F. The van der Waals surface area contributed by atoms with Gasteiger partial charge in [-0.3, -0.25) is 14.3 Å². The van der Waals surface area contributed by atoms with Crippen LogP contribution in [0.4, 0.5) is 4.39 Å². The summed E-state index contributed by atoms with van der Waals surface area (Å²) in [6, 6.07) is 6.81. The molecule has 37 heavy (non-hydrogen) atoms. The molecule has 188 valence electrons. The van der Waals surface area contributed by atoms with Crippen LogP contribution in [-0.4, -0.2) is 51.9 Å². The first-order valence-corrected chi connectivity index (χ1v) is 12.2. The van der Waals surface area contributed by atoms with E-state index in [0.29, 0.717) is 22.9 Å². The Hall–Kier alpha value is -4.12. The number of rotatable bonds is 8. The Morgan fingerprint density at radius 2 is 2.05 bits per heavy atom. The quantitative estimate of drug-likeness (QED) is 0.297. The van der Waals surface area contributed by atoms with E-state index in [1.165, 1.54) is 29.9 Å². The summed E-state index contributed by atoms with van der Waals surface area (Å²) in [7, 11) is 3.45. The van der Waals surface area contributed by atoms with Gasteiger partial charge in [-0.15, -0.1) is 5.10 Å². The van der Waals surface area contributed by atoms with Crippen LogP contribution in [-0.2, 0) is 7.05 Å². The molecule has 0 saturated heterocycles. The number of hydrogen-bond donors (Lipinski definition) is 0. The van der Waals surface area contributed by atoms with Crippen LogP contribution in [0.1, 0.15) is 31.0 Å². The van der Waals surface area contributed by atoms with Crippen molar-refractivity contribution >= 4 is 11.6 Å². The molecule has 6 rings (SSSR count). The zero-order chi connectivity index (χ0) is 25.5. The van der Waals surface area contributed by atoms with Crippen LogP contribution < -0.4 is 4.74 Å². The van der Waals surface area contributed by atoms with Gasteiger partial charge in [-0.25, -0.2) is 4.39 Å². The fraction of sp³-hybridized carbons (Fsp3) is 0.280. The van der Waals surface area contributed by atoms with Gasteiger partial charge in [-0.05, 0) is 41.0 Å². The number of benzene rings is 1. The van der Waals surface area contributed by atoms with E-state index in [1.54, 1.807) is 25.6 Å². The van der Waals surface area contributed by atoms with Gasteiger partial charge in [0.15, 0.2) is 5.82 Å². The third-order valence-corrected chi connectivity index (χ3v) is 6.97. The van der Waals surface area contributed by atoms with E-state index >= 15 is 4.39 Å². The highest BCUT2D eigenvalue weighted by Gasteiger charge is 2.30. The average Bonchev–Trinajstić information content (AvgIpc) is 3.28. The molecule has 0 N–H and O–H groups in total. The second kappa shape index (κ2) is 9.40. The lowest BCUT2D eigenvalue weighted by Crippen LogP contribution is -2.14. The maximum absolute atomic E-state index is 15.4. The van der Waals surface area contributed by atoms with E-state index in [1.807, 2.05) is 40.9 Å². The largest absolute Gasteiger partial charge is 0.496 e. The van der Waals surface area contributed by atoms with Gasteiger partial charge in [-0.1, -0.05) is 24.4 Å². The molecule has 0 amide bonds. The summed E-state index contributed by atoms with van der Waals surface area (Å²) in [4.78, 5) is 4.77. The fourth-order valence-corrected chi connectivity index (χ4v) is 4.74. The van der Waals surface area contributed by atoms with E-state index in [2.05, 4.69) is 25.7 Å². The van der Waals surface area contributed by atoms with E-state index < -0.39 is 5.82 Å². The van der Waals surface area contributed by atoms with Gasteiger partial charge in [0.05, 0.1) is 47.0 Å². The lowest BCUT2D eigenvalue weighted by Gasteiger charge is -2.20. The smallest absolute Gasteiger partial charge is 0.151 e. The lowest BCUT2D eigenvalue weighted by atomic mass is 10.0. The minimum atomic E-state index is -0.607. The van der Waals surface area contributed by atoms with Crippen LogP contribution in [0.15, 0.2) is 55.4 Å². The molecule has 12 heteroatoms. The Morgan fingerprint density at radius 1 is 1.19 bits per heavy atom. The maximum atomic E-state index is 15.4. The van der Waals surface area contributed by atoms with Crippen molar-refractivity contribution in [1.82, 2.24) is 44.8 Å². The predicted molar refractivity (Wildman–Crippen MR) is 134 cm³/mol. The molecule has 4 aromatic heterocycles. The van der Waals surface area contributed by atoms with Crippen molar-refractivity contribution in [3.05, 3.63) is 71.9 Å². The number of methoxy groups -OCH3 is 1. The Bertz CT molecular complexity index is 1560. The molecule has 1 aliphatic carbocycles. The van der Waals surface area contributed by atoms with Gasteiger partial charge in [0.1, 0.15) is 12.1 Å². The van der Waals surface area contributed by atoms with Crippen LogP contribution in [0, 0.1) is 11.7 Å². The molecule has 0 spiro atoms. The van der Waals surface area contributed by atoms with Gasteiger partial charge < -0.3 is 4.74 Å². The Labute approximate surface area is 216 Å². The highest BCUT2D eigenvalue weighted by atomic mass is 35.5. The van der Waals surface area contributed by atoms with E-state index in [-0.39, 0.29) is 16.6 Å². The zero-order valence-electron chi connectivity index (χ0n) is 20.2. The normalized spacial score (nSPS) is 14.2. The molecule has 1 aromatic carbocycles. The van der Waals surface area contributed by atoms with E-state index in [4.69, 9.17) is 21.3 Å². The molecule has 1 fully saturated rings. The topological polar surface area (TPSA) is 101 Å². The molecule has 0 bridgehead atoms. The van der Waals surface area contributed by atoms with Crippen LogP contribution >= 0.6 is 11.6 Å². The number of aromatic nitrogens is 9. The van der Waals surface area contributed by atoms with Crippen LogP contribution in [0.5, 0.6) is 5.75 Å². The summed E-state index contributed by atoms with van der Waals surface area (Å²) < 4.78 is 26.3. The van der Waals surface area contributed by atoms with Gasteiger partial charge in [-0.2, -0.15) is 14.9 Å². The highest BCUT2D eigenvalue weighted by molar-refractivity contribution is 6.31. The number of aryl methyl sites for hydroxylation is 1. The second-order valence-corrected chi connectivity index (χ2v) is 9.47. The summed E-state index contributed by atoms with van der Waals surface area (Å²) in [6.07, 6.45) is 11.9. The maximum Gasteiger partial charge on any atom is 0.151 e. The van der Waals surface area contributed by atoms with Crippen molar-refractivity contribution in [2.24, 2.45) is 13.0 Å². The van der Waals surface area contributed by atoms with E-state index in [9.17, 15) is 0 Å². The van der Waals surface area contributed by atoms with Crippen LogP contribution in [0.2, 0.25) is 5.02 Å². The number of tetrazole rings is 1. The average molecular weight is 520 g/mol. The summed E-state index contributed by atoms with van der Waals surface area (Å²) in [5, 5.41) is 20.2. The summed E-state index contributed by atoms with van der Waals surface area (Å²) in [5.41, 5.74) is 3.78. The first-order valence-electron chi connectivity index (χ1n) is 11.8. The molecule has 10 nitrogen and oxygen atoms in total. The van der Waals surface area contributed by atoms with Gasteiger partial charge in [0.25, 0.3) is 0 Å². The third-order valence-electron chi connectivity index (χ3n) is 6.68. The molecule has 1 unspecified atom stereocenters. The zero-order valence-corrected chi connectivity index (χ0v) is 20.9. The monoisotopic (exact) mass is 519 g/mol. The Kier molecular flexibility index (Phi) is 5.91. The van der Waals surface area contributed by atoms with Crippen molar-refractivity contribution in [3.8, 4) is 33.8 Å². The number of hydrogen-bond acceptors (Lipinski definition) is 7. The summed E-state index contributed by atoms with van der Waals surface area (Å²) in [6.45, 7) is 0. The Morgan fingerprint density at radius 3 is 2.76 bits per heavy atom. The molecule has 1 aliphatic rings. The first kappa shape index (κ1) is 23.3. The van der Waals surface area contributed by atoms with E-state index in [0.717, 1.165) is 23.4 Å². The van der Waals surface area contributed by atoms with Crippen molar-refractivity contribution in [3.63, 3.8) is 0 Å². The second-order valence-electron chi connectivity index (χ2n) is 9.06. The number of ether oxygens (including phenoxy) is 1. The van der Waals surface area contributed by atoms with Crippen molar-refractivity contribution in [1.29, 1.82) is 0 Å². The molecule has 5 aromatic rings. The molecule has 0 radical (unpaired) electrons. The van der Waals surface area contributed by atoms with Gasteiger partial charge >= 0.3 is 0 Å². The molecule has 1 saturated carbocycles. The molecular formula is C25H23ClFN9O. The van der Waals surface area contributed by atoms with Crippen LogP contribution in [0.3, 0.4) is 0 Å². The molecule has 4 heterocycles. The van der Waals surface area contributed by atoms with Crippen molar-refractivity contribution < 1.29 is 9.13 Å². The van der Waals surface area contributed by atoms with Gasteiger partial charge in [0, 0.05) is 42.8 Å². The summed E-state index contributed by atoms with van der Waals surface area (Å²) in [5.74, 6) is 0.462. The molecular weight excluding hydrogens is 497 g/mol. The van der Waals surface area contributed by atoms with Crippen LogP contribution in [0.25, 0.3) is 28.1 Å². The minimum Gasteiger partial charge on any atom is -0.496 e. The third kappa shape index (κ3) is 4.35. The first-order chi connectivity index (χ1) is 18.0. The number of nitrogens with zero attached hydrogens (tertiary/aromatic N) is 9. The fourth-order valence-electron chi connectivity index (χ4n) is 4.58. The summed E-state index contributed by atoms with van der Waals surface area (Å²) >= 11 is 6.16.